The molecule has 5 rings (SSSR count). The third-order valence-corrected chi connectivity index (χ3v) is 6.14. The van der Waals surface area contributed by atoms with E-state index in [4.69, 9.17) is 9.47 Å². The summed E-state index contributed by atoms with van der Waals surface area (Å²) in [4.78, 5) is 23.5. The maximum absolute atomic E-state index is 12.6. The molecule has 2 heterocycles. The monoisotopic (exact) mass is 417 g/mol. The van der Waals surface area contributed by atoms with Crippen LogP contribution in [0.1, 0.15) is 16.9 Å². The van der Waals surface area contributed by atoms with Gasteiger partial charge in [0.2, 0.25) is 5.88 Å². The number of rotatable bonds is 6. The van der Waals surface area contributed by atoms with E-state index in [2.05, 4.69) is 15.3 Å². The van der Waals surface area contributed by atoms with E-state index >= 15 is 0 Å². The molecule has 1 aliphatic carbocycles. The van der Waals surface area contributed by atoms with Crippen molar-refractivity contribution in [2.45, 2.75) is 19.3 Å². The Hall–Kier alpha value is -3.45. The number of hydrogen-bond donors (Lipinski definition) is 1. The number of carbonyl (C=O) groups excluding carboxylic acids is 1. The van der Waals surface area contributed by atoms with Crippen molar-refractivity contribution in [3.8, 4) is 17.4 Å². The van der Waals surface area contributed by atoms with Crippen molar-refractivity contribution < 1.29 is 14.3 Å². The summed E-state index contributed by atoms with van der Waals surface area (Å²) in [7, 11) is 0. The molecule has 0 saturated heterocycles. The number of aromatic nitrogens is 2. The van der Waals surface area contributed by atoms with Crippen molar-refractivity contribution >= 4 is 33.1 Å². The number of nitrogens with one attached hydrogen (secondary N) is 1. The molecular weight excluding hydrogens is 398 g/mol. The van der Waals surface area contributed by atoms with Crippen LogP contribution in [0.15, 0.2) is 60.9 Å². The molecule has 0 saturated carbocycles. The number of nitrogens with zero attached hydrogens (tertiary/aromatic N) is 2. The minimum atomic E-state index is -0.280. The number of fused-ring (bicyclic) bond motifs is 3. The van der Waals surface area contributed by atoms with Crippen LogP contribution in [0, 0.1) is 0 Å². The molecule has 0 aliphatic heterocycles. The molecule has 2 aromatic heterocycles. The minimum Gasteiger partial charge on any atom is -0.467 e. The van der Waals surface area contributed by atoms with E-state index in [0.717, 1.165) is 29.5 Å². The molecule has 150 valence electrons. The zero-order chi connectivity index (χ0) is 20.3. The van der Waals surface area contributed by atoms with Gasteiger partial charge in [0, 0.05) is 4.88 Å². The largest absolute Gasteiger partial charge is 0.467 e. The molecule has 30 heavy (non-hydrogen) atoms. The van der Waals surface area contributed by atoms with E-state index < -0.39 is 0 Å². The SMILES string of the molecule is O=C(COc1ncnc2sc3c(c12)CCC3)Nc1ccccc1Oc1ccccc1. The third-order valence-electron chi connectivity index (χ3n) is 4.94. The van der Waals surface area contributed by atoms with Crippen LogP contribution >= 0.6 is 11.3 Å². The Kier molecular flexibility index (Phi) is 5.03. The highest BCUT2D eigenvalue weighted by atomic mass is 32.1. The average Bonchev–Trinajstić information content (AvgIpc) is 3.36. The van der Waals surface area contributed by atoms with Crippen LogP contribution in [0.5, 0.6) is 17.4 Å². The maximum atomic E-state index is 12.6. The number of aryl methyl sites for hydroxylation is 2. The van der Waals surface area contributed by atoms with Gasteiger partial charge >= 0.3 is 0 Å². The quantitative estimate of drug-likeness (QED) is 0.478. The number of para-hydroxylation sites is 3. The Morgan fingerprint density at radius 3 is 2.77 bits per heavy atom. The normalized spacial score (nSPS) is 12.5. The fourth-order valence-electron chi connectivity index (χ4n) is 3.60. The molecule has 0 spiro atoms. The highest BCUT2D eigenvalue weighted by Gasteiger charge is 2.22. The molecule has 0 radical (unpaired) electrons. The second-order valence-corrected chi connectivity index (χ2v) is 8.05. The second kappa shape index (κ2) is 8.12. The van der Waals surface area contributed by atoms with E-state index in [1.165, 1.54) is 16.8 Å². The molecule has 4 aromatic rings. The molecule has 6 nitrogen and oxygen atoms in total. The molecule has 2 aromatic carbocycles. The number of benzene rings is 2. The highest BCUT2D eigenvalue weighted by molar-refractivity contribution is 7.18. The van der Waals surface area contributed by atoms with Gasteiger partial charge in [-0.05, 0) is 49.1 Å². The van der Waals surface area contributed by atoms with E-state index in [0.29, 0.717) is 23.1 Å². The first-order valence-corrected chi connectivity index (χ1v) is 10.6. The van der Waals surface area contributed by atoms with Crippen molar-refractivity contribution in [1.29, 1.82) is 0 Å². The first kappa shape index (κ1) is 18.6. The van der Waals surface area contributed by atoms with Gasteiger partial charge in [-0.1, -0.05) is 30.3 Å². The van der Waals surface area contributed by atoms with Crippen LogP contribution in [0.4, 0.5) is 5.69 Å². The summed E-state index contributed by atoms with van der Waals surface area (Å²) in [5, 5.41) is 3.82. The van der Waals surface area contributed by atoms with Gasteiger partial charge in [-0.2, -0.15) is 0 Å². The summed E-state index contributed by atoms with van der Waals surface area (Å²) in [5.41, 5.74) is 1.85. The molecule has 0 bridgehead atoms. The Morgan fingerprint density at radius 2 is 1.87 bits per heavy atom. The predicted molar refractivity (Wildman–Crippen MR) is 117 cm³/mol. The molecule has 0 unspecified atom stereocenters. The van der Waals surface area contributed by atoms with Crippen molar-refractivity contribution in [3.05, 3.63) is 71.4 Å². The molecule has 1 amide bonds. The molecule has 0 atom stereocenters. The highest BCUT2D eigenvalue weighted by Crippen LogP contribution is 2.39. The fraction of sp³-hybridized carbons (Fsp3) is 0.174. The van der Waals surface area contributed by atoms with E-state index in [1.807, 2.05) is 48.5 Å². The molecule has 7 heteroatoms. The minimum absolute atomic E-state index is 0.142. The van der Waals surface area contributed by atoms with Gasteiger partial charge in [-0.15, -0.1) is 11.3 Å². The summed E-state index contributed by atoms with van der Waals surface area (Å²) in [6.45, 7) is -0.142. The number of thiophene rings is 1. The van der Waals surface area contributed by atoms with E-state index in [9.17, 15) is 4.79 Å². The number of amides is 1. The van der Waals surface area contributed by atoms with Crippen LogP contribution < -0.4 is 14.8 Å². The zero-order valence-corrected chi connectivity index (χ0v) is 16.9. The lowest BCUT2D eigenvalue weighted by Crippen LogP contribution is -2.21. The summed E-state index contributed by atoms with van der Waals surface area (Å²) in [6.07, 6.45) is 4.72. The lowest BCUT2D eigenvalue weighted by atomic mass is 10.2. The Balaban J connectivity index is 1.29. The van der Waals surface area contributed by atoms with Gasteiger partial charge in [0.25, 0.3) is 5.91 Å². The Morgan fingerprint density at radius 1 is 1.03 bits per heavy atom. The topological polar surface area (TPSA) is 73.3 Å². The van der Waals surface area contributed by atoms with Gasteiger partial charge in [0.15, 0.2) is 12.4 Å². The molecule has 0 fully saturated rings. The van der Waals surface area contributed by atoms with Gasteiger partial charge in [-0.25, -0.2) is 9.97 Å². The maximum Gasteiger partial charge on any atom is 0.262 e. The lowest BCUT2D eigenvalue weighted by Gasteiger charge is -2.12. The van der Waals surface area contributed by atoms with Gasteiger partial charge in [0.1, 0.15) is 16.9 Å². The van der Waals surface area contributed by atoms with Gasteiger partial charge in [0.05, 0.1) is 11.1 Å². The Labute approximate surface area is 177 Å². The first-order valence-electron chi connectivity index (χ1n) is 9.78. The van der Waals surface area contributed by atoms with Crippen LogP contribution in [0.25, 0.3) is 10.2 Å². The third kappa shape index (κ3) is 3.71. The van der Waals surface area contributed by atoms with E-state index in [-0.39, 0.29) is 12.5 Å². The number of carbonyl (C=O) groups is 1. The van der Waals surface area contributed by atoms with Gasteiger partial charge in [-0.3, -0.25) is 4.79 Å². The van der Waals surface area contributed by atoms with Crippen molar-refractivity contribution in [2.75, 3.05) is 11.9 Å². The van der Waals surface area contributed by atoms with Crippen molar-refractivity contribution in [3.63, 3.8) is 0 Å². The molecule has 1 aliphatic rings. The summed E-state index contributed by atoms with van der Waals surface area (Å²) >= 11 is 1.69. The smallest absolute Gasteiger partial charge is 0.262 e. The number of hydrogen-bond acceptors (Lipinski definition) is 6. The first-order chi connectivity index (χ1) is 14.8. The summed E-state index contributed by atoms with van der Waals surface area (Å²) in [6, 6.07) is 16.8. The molecule has 1 N–H and O–H groups in total. The van der Waals surface area contributed by atoms with Gasteiger partial charge < -0.3 is 14.8 Å². The van der Waals surface area contributed by atoms with Crippen LogP contribution in [-0.4, -0.2) is 22.5 Å². The number of ether oxygens (including phenoxy) is 2. The lowest BCUT2D eigenvalue weighted by molar-refractivity contribution is -0.118. The Bertz CT molecular complexity index is 1210. The van der Waals surface area contributed by atoms with Crippen LogP contribution in [0.3, 0.4) is 0 Å². The van der Waals surface area contributed by atoms with Crippen molar-refractivity contribution in [1.82, 2.24) is 9.97 Å². The van der Waals surface area contributed by atoms with E-state index in [1.54, 1.807) is 17.4 Å². The average molecular weight is 417 g/mol. The molecular formula is C23H19N3O3S. The zero-order valence-electron chi connectivity index (χ0n) is 16.1. The fourth-order valence-corrected chi connectivity index (χ4v) is 4.82. The number of anilines is 1. The second-order valence-electron chi connectivity index (χ2n) is 6.96. The summed E-state index contributed by atoms with van der Waals surface area (Å²) in [5.74, 6) is 1.46. The van der Waals surface area contributed by atoms with Crippen molar-refractivity contribution in [2.24, 2.45) is 0 Å². The predicted octanol–water partition coefficient (Wildman–Crippen LogP) is 4.99. The summed E-state index contributed by atoms with van der Waals surface area (Å²) < 4.78 is 11.7. The standard InChI is InChI=1S/C23H19N3O3S/c27-20(26-17-10-4-5-11-18(17)29-15-7-2-1-3-8-15)13-28-22-21-16-9-6-12-19(16)30-23(21)25-14-24-22/h1-5,7-8,10-11,14H,6,9,12-13H2,(H,26,27). The van der Waals surface area contributed by atoms with Crippen LogP contribution in [0.2, 0.25) is 0 Å². The van der Waals surface area contributed by atoms with Crippen LogP contribution in [-0.2, 0) is 17.6 Å².